The smallest absolute Gasteiger partial charge is 0.170 e. The van der Waals surface area contributed by atoms with Gasteiger partial charge in [-0.1, -0.05) is 32.6 Å². The van der Waals surface area contributed by atoms with Gasteiger partial charge < -0.3 is 15.4 Å². The van der Waals surface area contributed by atoms with Gasteiger partial charge in [0.2, 0.25) is 0 Å². The second-order valence-electron chi connectivity index (χ2n) is 5.08. The van der Waals surface area contributed by atoms with E-state index < -0.39 is 0 Å². The highest BCUT2D eigenvalue weighted by molar-refractivity contribution is 7.80. The molecule has 112 valence electrons. The van der Waals surface area contributed by atoms with Gasteiger partial charge in [0.25, 0.3) is 0 Å². The highest BCUT2D eigenvalue weighted by Crippen LogP contribution is 2.15. The van der Waals surface area contributed by atoms with Gasteiger partial charge in [0.05, 0.1) is 7.11 Å². The minimum atomic E-state index is 0.408. The Balaban J connectivity index is 2.27. The minimum Gasteiger partial charge on any atom is -0.497 e. The topological polar surface area (TPSA) is 33.3 Å². The zero-order valence-corrected chi connectivity index (χ0v) is 13.6. The maximum absolute atomic E-state index is 5.32. The molecule has 1 aromatic carbocycles. The molecule has 0 amide bonds. The molecule has 0 aliphatic heterocycles. The van der Waals surface area contributed by atoms with E-state index in [-0.39, 0.29) is 0 Å². The Morgan fingerprint density at radius 3 is 2.50 bits per heavy atom. The van der Waals surface area contributed by atoms with Crippen molar-refractivity contribution >= 4 is 23.0 Å². The second kappa shape index (κ2) is 9.59. The standard InChI is InChI=1S/C16H26N2OS/c1-4-5-6-7-8-13(2)17-16(20)18-14-9-11-15(19-3)12-10-14/h9-13H,4-8H2,1-3H3,(H2,17,18,20)/t13-/m1/s1. The van der Waals surface area contributed by atoms with Gasteiger partial charge in [0.15, 0.2) is 5.11 Å². The van der Waals surface area contributed by atoms with Crippen molar-refractivity contribution in [2.45, 2.75) is 52.0 Å². The Labute approximate surface area is 128 Å². The maximum Gasteiger partial charge on any atom is 0.170 e. The van der Waals surface area contributed by atoms with E-state index in [4.69, 9.17) is 17.0 Å². The number of methoxy groups -OCH3 is 1. The lowest BCUT2D eigenvalue weighted by molar-refractivity contribution is 0.415. The lowest BCUT2D eigenvalue weighted by Crippen LogP contribution is -2.35. The summed E-state index contributed by atoms with van der Waals surface area (Å²) in [6.07, 6.45) is 6.32. The summed E-state index contributed by atoms with van der Waals surface area (Å²) in [5, 5.41) is 7.19. The first kappa shape index (κ1) is 16.8. The third-order valence-corrected chi connectivity index (χ3v) is 3.44. The van der Waals surface area contributed by atoms with Gasteiger partial charge in [0.1, 0.15) is 5.75 Å². The zero-order valence-electron chi connectivity index (χ0n) is 12.7. The van der Waals surface area contributed by atoms with Crippen LogP contribution in [0.2, 0.25) is 0 Å². The molecule has 0 heterocycles. The van der Waals surface area contributed by atoms with Crippen molar-refractivity contribution in [3.63, 3.8) is 0 Å². The van der Waals surface area contributed by atoms with Crippen LogP contribution in [0.3, 0.4) is 0 Å². The summed E-state index contributed by atoms with van der Waals surface area (Å²) in [6.45, 7) is 4.41. The summed E-state index contributed by atoms with van der Waals surface area (Å²) in [4.78, 5) is 0. The van der Waals surface area contributed by atoms with Crippen LogP contribution in [0.15, 0.2) is 24.3 Å². The largest absolute Gasteiger partial charge is 0.497 e. The SMILES string of the molecule is CCCCCC[C@@H](C)NC(=S)Nc1ccc(OC)cc1. The lowest BCUT2D eigenvalue weighted by atomic mass is 10.1. The minimum absolute atomic E-state index is 0.408. The third-order valence-electron chi connectivity index (χ3n) is 3.22. The van der Waals surface area contributed by atoms with Gasteiger partial charge in [-0.05, 0) is 49.8 Å². The predicted molar refractivity (Wildman–Crippen MR) is 90.6 cm³/mol. The summed E-state index contributed by atoms with van der Waals surface area (Å²) in [7, 11) is 1.66. The van der Waals surface area contributed by atoms with Gasteiger partial charge >= 0.3 is 0 Å². The number of hydrogen-bond donors (Lipinski definition) is 2. The molecule has 0 aliphatic rings. The van der Waals surface area contributed by atoms with Crippen LogP contribution >= 0.6 is 12.2 Å². The van der Waals surface area contributed by atoms with E-state index in [9.17, 15) is 0 Å². The molecular weight excluding hydrogens is 268 g/mol. The highest BCUT2D eigenvalue weighted by atomic mass is 32.1. The third kappa shape index (κ3) is 6.75. The van der Waals surface area contributed by atoms with Gasteiger partial charge in [0, 0.05) is 11.7 Å². The molecule has 0 saturated carbocycles. The molecule has 0 aliphatic carbocycles. The molecule has 4 heteroatoms. The zero-order chi connectivity index (χ0) is 14.8. The van der Waals surface area contributed by atoms with E-state index in [1.165, 1.54) is 25.7 Å². The van der Waals surface area contributed by atoms with Gasteiger partial charge in [-0.25, -0.2) is 0 Å². The summed E-state index contributed by atoms with van der Waals surface area (Å²) in [5.41, 5.74) is 0.974. The summed E-state index contributed by atoms with van der Waals surface area (Å²) >= 11 is 5.32. The molecule has 0 bridgehead atoms. The fourth-order valence-corrected chi connectivity index (χ4v) is 2.33. The number of benzene rings is 1. The monoisotopic (exact) mass is 294 g/mol. The number of thiocarbonyl (C=S) groups is 1. The Kier molecular flexibility index (Phi) is 8.04. The molecule has 20 heavy (non-hydrogen) atoms. The quantitative estimate of drug-likeness (QED) is 0.552. The van der Waals surface area contributed by atoms with Crippen molar-refractivity contribution in [1.82, 2.24) is 5.32 Å². The van der Waals surface area contributed by atoms with Crippen LogP contribution < -0.4 is 15.4 Å². The number of nitrogens with one attached hydrogen (secondary N) is 2. The normalized spacial score (nSPS) is 11.8. The molecule has 0 spiro atoms. The van der Waals surface area contributed by atoms with E-state index in [1.54, 1.807) is 7.11 Å². The molecule has 2 N–H and O–H groups in total. The van der Waals surface area contributed by atoms with Gasteiger partial charge in [-0.2, -0.15) is 0 Å². The van der Waals surface area contributed by atoms with E-state index in [0.717, 1.165) is 17.9 Å². The summed E-state index contributed by atoms with van der Waals surface area (Å²) < 4.78 is 5.13. The average molecular weight is 294 g/mol. The van der Waals surface area contributed by atoms with Crippen LogP contribution in [0.1, 0.15) is 46.0 Å². The summed E-state index contributed by atoms with van der Waals surface area (Å²) in [6, 6.07) is 8.15. The molecule has 0 unspecified atom stereocenters. The van der Waals surface area contributed by atoms with Crippen molar-refractivity contribution in [1.29, 1.82) is 0 Å². The molecule has 0 radical (unpaired) electrons. The molecule has 1 aromatic rings. The van der Waals surface area contributed by atoms with Crippen molar-refractivity contribution < 1.29 is 4.74 Å². The first-order valence-electron chi connectivity index (χ1n) is 7.37. The number of ether oxygens (including phenoxy) is 1. The van der Waals surface area contributed by atoms with Crippen molar-refractivity contribution in [2.24, 2.45) is 0 Å². The molecule has 1 rings (SSSR count). The van der Waals surface area contributed by atoms with Crippen LogP contribution in [0.4, 0.5) is 5.69 Å². The molecular formula is C16H26N2OS. The van der Waals surface area contributed by atoms with E-state index >= 15 is 0 Å². The van der Waals surface area contributed by atoms with Crippen LogP contribution in [0.5, 0.6) is 5.75 Å². The van der Waals surface area contributed by atoms with E-state index in [2.05, 4.69) is 24.5 Å². The van der Waals surface area contributed by atoms with Gasteiger partial charge in [-0.3, -0.25) is 0 Å². The number of hydrogen-bond acceptors (Lipinski definition) is 2. The van der Waals surface area contributed by atoms with E-state index in [0.29, 0.717) is 11.2 Å². The molecule has 1 atom stereocenters. The van der Waals surface area contributed by atoms with Gasteiger partial charge in [-0.15, -0.1) is 0 Å². The van der Waals surface area contributed by atoms with Crippen LogP contribution in [-0.2, 0) is 0 Å². The first-order valence-corrected chi connectivity index (χ1v) is 7.78. The summed E-state index contributed by atoms with van der Waals surface area (Å²) in [5.74, 6) is 0.846. The predicted octanol–water partition coefficient (Wildman–Crippen LogP) is 4.34. The number of anilines is 1. The van der Waals surface area contributed by atoms with E-state index in [1.807, 2.05) is 24.3 Å². The molecule has 3 nitrogen and oxygen atoms in total. The molecule has 0 fully saturated rings. The number of unbranched alkanes of at least 4 members (excludes halogenated alkanes) is 3. The van der Waals surface area contributed by atoms with Crippen LogP contribution in [0.25, 0.3) is 0 Å². The van der Waals surface area contributed by atoms with Crippen LogP contribution in [-0.4, -0.2) is 18.3 Å². The molecule has 0 saturated heterocycles. The fraction of sp³-hybridized carbons (Fsp3) is 0.562. The fourth-order valence-electron chi connectivity index (χ4n) is 2.01. The first-order chi connectivity index (χ1) is 9.65. The van der Waals surface area contributed by atoms with Crippen LogP contribution in [0, 0.1) is 0 Å². The second-order valence-corrected chi connectivity index (χ2v) is 5.49. The Bertz CT molecular complexity index is 392. The van der Waals surface area contributed by atoms with Crippen molar-refractivity contribution in [3.8, 4) is 5.75 Å². The maximum atomic E-state index is 5.32. The number of rotatable bonds is 8. The Morgan fingerprint density at radius 1 is 1.20 bits per heavy atom. The highest BCUT2D eigenvalue weighted by Gasteiger charge is 2.04. The average Bonchev–Trinajstić information content (AvgIpc) is 2.44. The van der Waals surface area contributed by atoms with Crippen molar-refractivity contribution in [3.05, 3.63) is 24.3 Å². The van der Waals surface area contributed by atoms with Crippen molar-refractivity contribution in [2.75, 3.05) is 12.4 Å². The Morgan fingerprint density at radius 2 is 1.90 bits per heavy atom. The Hall–Kier alpha value is -1.29. The molecule has 0 aromatic heterocycles. The lowest BCUT2D eigenvalue weighted by Gasteiger charge is -2.17.